The molecule has 19 heavy (non-hydrogen) atoms. The van der Waals surface area contributed by atoms with Gasteiger partial charge in [-0.25, -0.2) is 4.79 Å². The van der Waals surface area contributed by atoms with Gasteiger partial charge in [-0.15, -0.1) is 0 Å². The number of aryl methyl sites for hydroxylation is 1. The van der Waals surface area contributed by atoms with E-state index >= 15 is 0 Å². The molecular weight excluding hydrogens is 270 g/mol. The van der Waals surface area contributed by atoms with Crippen molar-refractivity contribution >= 4 is 29.3 Å². The van der Waals surface area contributed by atoms with Crippen molar-refractivity contribution in [3.63, 3.8) is 0 Å². The zero-order valence-corrected chi connectivity index (χ0v) is 10.7. The number of aromatic carboxylic acids is 1. The fraction of sp³-hybridized carbons (Fsp3) is 0.0833. The molecule has 0 radical (unpaired) electrons. The molecule has 6 nitrogen and oxygen atoms in total. The minimum Gasteiger partial charge on any atom is -0.477 e. The Balaban J connectivity index is 2.26. The van der Waals surface area contributed by atoms with E-state index in [0.29, 0.717) is 10.6 Å². The molecule has 2 N–H and O–H groups in total. The third-order valence-corrected chi connectivity index (χ3v) is 2.76. The molecule has 0 aliphatic carbocycles. The van der Waals surface area contributed by atoms with Gasteiger partial charge in [0.05, 0.1) is 6.20 Å². The van der Waals surface area contributed by atoms with Gasteiger partial charge >= 0.3 is 5.97 Å². The fourth-order valence-corrected chi connectivity index (χ4v) is 1.65. The van der Waals surface area contributed by atoms with Crippen molar-refractivity contribution in [3.8, 4) is 0 Å². The summed E-state index contributed by atoms with van der Waals surface area (Å²) < 4.78 is 1.29. The summed E-state index contributed by atoms with van der Waals surface area (Å²) in [5, 5.41) is 15.8. The van der Waals surface area contributed by atoms with Gasteiger partial charge in [0.15, 0.2) is 0 Å². The number of hydrogen-bond donors (Lipinski definition) is 2. The lowest BCUT2D eigenvalue weighted by molar-refractivity contribution is 0.0698. The molecule has 1 aromatic heterocycles. The zero-order chi connectivity index (χ0) is 14.0. The maximum absolute atomic E-state index is 12.0. The van der Waals surface area contributed by atoms with Crippen LogP contribution in [0.25, 0.3) is 0 Å². The van der Waals surface area contributed by atoms with Crippen molar-refractivity contribution in [2.75, 3.05) is 5.32 Å². The SMILES string of the molecule is Cn1ncc(C(=O)O)c1NC(=O)c1ccc(Cl)cc1. The summed E-state index contributed by atoms with van der Waals surface area (Å²) in [5.74, 6) is -1.45. The fourth-order valence-electron chi connectivity index (χ4n) is 1.52. The van der Waals surface area contributed by atoms with Crippen LogP contribution in [0.1, 0.15) is 20.7 Å². The van der Waals surface area contributed by atoms with Crippen LogP contribution in [0.5, 0.6) is 0 Å². The predicted molar refractivity (Wildman–Crippen MR) is 69.6 cm³/mol. The van der Waals surface area contributed by atoms with E-state index in [9.17, 15) is 9.59 Å². The van der Waals surface area contributed by atoms with Crippen LogP contribution in [0.4, 0.5) is 5.82 Å². The molecule has 0 spiro atoms. The van der Waals surface area contributed by atoms with Crippen LogP contribution in [0.3, 0.4) is 0 Å². The number of nitrogens with zero attached hydrogens (tertiary/aromatic N) is 2. The number of benzene rings is 1. The molecule has 0 saturated heterocycles. The van der Waals surface area contributed by atoms with Crippen molar-refractivity contribution < 1.29 is 14.7 Å². The predicted octanol–water partition coefficient (Wildman–Crippen LogP) is 2.02. The molecular formula is C12H10ClN3O3. The highest BCUT2D eigenvalue weighted by molar-refractivity contribution is 6.30. The van der Waals surface area contributed by atoms with Crippen LogP contribution in [-0.2, 0) is 7.05 Å². The Morgan fingerprint density at radius 3 is 2.53 bits per heavy atom. The van der Waals surface area contributed by atoms with Gasteiger partial charge in [-0.2, -0.15) is 5.10 Å². The summed E-state index contributed by atoms with van der Waals surface area (Å²) in [6.07, 6.45) is 1.18. The van der Waals surface area contributed by atoms with E-state index in [1.165, 1.54) is 10.9 Å². The van der Waals surface area contributed by atoms with Crippen molar-refractivity contribution in [1.82, 2.24) is 9.78 Å². The first-order chi connectivity index (χ1) is 8.99. The molecule has 0 atom stereocenters. The van der Waals surface area contributed by atoms with Gasteiger partial charge in [0, 0.05) is 17.6 Å². The van der Waals surface area contributed by atoms with E-state index in [2.05, 4.69) is 10.4 Å². The maximum atomic E-state index is 12.0. The van der Waals surface area contributed by atoms with Gasteiger partial charge in [-0.1, -0.05) is 11.6 Å². The molecule has 2 aromatic rings. The molecule has 0 aliphatic heterocycles. The second-order valence-corrected chi connectivity index (χ2v) is 4.23. The van der Waals surface area contributed by atoms with Gasteiger partial charge in [0.2, 0.25) is 0 Å². The van der Waals surface area contributed by atoms with Crippen LogP contribution in [-0.4, -0.2) is 26.8 Å². The van der Waals surface area contributed by atoms with E-state index in [-0.39, 0.29) is 11.4 Å². The summed E-state index contributed by atoms with van der Waals surface area (Å²) in [6.45, 7) is 0. The summed E-state index contributed by atoms with van der Waals surface area (Å²) in [4.78, 5) is 22.9. The van der Waals surface area contributed by atoms with E-state index in [0.717, 1.165) is 0 Å². The van der Waals surface area contributed by atoms with Crippen LogP contribution in [0.15, 0.2) is 30.5 Å². The Labute approximate surface area is 113 Å². The van der Waals surface area contributed by atoms with Gasteiger partial charge in [-0.05, 0) is 24.3 Å². The summed E-state index contributed by atoms with van der Waals surface area (Å²) in [5.41, 5.74) is 0.312. The minimum atomic E-state index is -1.15. The molecule has 0 saturated carbocycles. The van der Waals surface area contributed by atoms with E-state index in [1.807, 2.05) is 0 Å². The van der Waals surface area contributed by atoms with E-state index in [1.54, 1.807) is 31.3 Å². The van der Waals surface area contributed by atoms with E-state index < -0.39 is 11.9 Å². The number of amides is 1. The summed E-state index contributed by atoms with van der Waals surface area (Å²) >= 11 is 5.73. The molecule has 0 unspecified atom stereocenters. The number of rotatable bonds is 3. The lowest BCUT2D eigenvalue weighted by atomic mass is 10.2. The number of carbonyl (C=O) groups is 2. The van der Waals surface area contributed by atoms with Crippen LogP contribution in [0.2, 0.25) is 5.02 Å². The molecule has 1 aromatic carbocycles. The highest BCUT2D eigenvalue weighted by Gasteiger charge is 2.17. The zero-order valence-electron chi connectivity index (χ0n) is 9.92. The van der Waals surface area contributed by atoms with Crippen LogP contribution < -0.4 is 5.32 Å². The number of aromatic nitrogens is 2. The highest BCUT2D eigenvalue weighted by Crippen LogP contribution is 2.16. The number of carboxylic acid groups (broad SMARTS) is 1. The molecule has 1 amide bonds. The number of carbonyl (C=O) groups excluding carboxylic acids is 1. The van der Waals surface area contributed by atoms with Crippen molar-refractivity contribution in [3.05, 3.63) is 46.6 Å². The van der Waals surface area contributed by atoms with E-state index in [4.69, 9.17) is 16.7 Å². The minimum absolute atomic E-state index is 0.0650. The molecule has 98 valence electrons. The van der Waals surface area contributed by atoms with Gasteiger partial charge in [0.25, 0.3) is 5.91 Å². The second kappa shape index (κ2) is 5.11. The third-order valence-electron chi connectivity index (χ3n) is 2.51. The topological polar surface area (TPSA) is 84.2 Å². The molecule has 2 rings (SSSR count). The molecule has 1 heterocycles. The normalized spacial score (nSPS) is 10.2. The summed E-state index contributed by atoms with van der Waals surface area (Å²) in [6, 6.07) is 6.26. The highest BCUT2D eigenvalue weighted by atomic mass is 35.5. The average molecular weight is 280 g/mol. The van der Waals surface area contributed by atoms with Gasteiger partial charge in [-0.3, -0.25) is 9.48 Å². The number of anilines is 1. The second-order valence-electron chi connectivity index (χ2n) is 3.80. The molecule has 0 aliphatic rings. The number of hydrogen-bond acceptors (Lipinski definition) is 3. The monoisotopic (exact) mass is 279 g/mol. The third kappa shape index (κ3) is 2.74. The number of halogens is 1. The Morgan fingerprint density at radius 2 is 1.95 bits per heavy atom. The molecule has 0 bridgehead atoms. The van der Waals surface area contributed by atoms with Crippen LogP contribution in [0, 0.1) is 0 Å². The Hall–Kier alpha value is -2.34. The smallest absolute Gasteiger partial charge is 0.341 e. The first kappa shape index (κ1) is 13.1. The summed E-state index contributed by atoms with van der Waals surface area (Å²) in [7, 11) is 1.55. The van der Waals surface area contributed by atoms with Crippen molar-refractivity contribution in [1.29, 1.82) is 0 Å². The van der Waals surface area contributed by atoms with Crippen molar-refractivity contribution in [2.45, 2.75) is 0 Å². The standard InChI is InChI=1S/C12H10ClN3O3/c1-16-10(9(6-14-16)12(18)19)15-11(17)7-2-4-8(13)5-3-7/h2-6H,1H3,(H,15,17)(H,18,19). The average Bonchev–Trinajstić information content (AvgIpc) is 2.72. The maximum Gasteiger partial charge on any atom is 0.341 e. The number of nitrogens with one attached hydrogen (secondary N) is 1. The van der Waals surface area contributed by atoms with Crippen molar-refractivity contribution in [2.24, 2.45) is 7.05 Å². The molecule has 7 heteroatoms. The Bertz CT molecular complexity index is 634. The largest absolute Gasteiger partial charge is 0.477 e. The first-order valence-corrected chi connectivity index (χ1v) is 5.69. The molecule has 0 fully saturated rings. The Morgan fingerprint density at radius 1 is 1.32 bits per heavy atom. The number of carboxylic acids is 1. The van der Waals surface area contributed by atoms with Crippen LogP contribution >= 0.6 is 11.6 Å². The quantitative estimate of drug-likeness (QED) is 0.900. The Kier molecular flexibility index (Phi) is 3.52. The lowest BCUT2D eigenvalue weighted by Crippen LogP contribution is -2.16. The first-order valence-electron chi connectivity index (χ1n) is 5.31. The van der Waals surface area contributed by atoms with Gasteiger partial charge < -0.3 is 10.4 Å². The van der Waals surface area contributed by atoms with Gasteiger partial charge in [0.1, 0.15) is 11.4 Å². The lowest BCUT2D eigenvalue weighted by Gasteiger charge is -2.06.